The smallest absolute Gasteiger partial charge is 0.261 e. The molecule has 1 aliphatic rings. The van der Waals surface area contributed by atoms with Crippen molar-refractivity contribution in [1.29, 1.82) is 0 Å². The lowest BCUT2D eigenvalue weighted by molar-refractivity contribution is 0.0123. The van der Waals surface area contributed by atoms with E-state index >= 15 is 0 Å². The second-order valence-electron chi connectivity index (χ2n) is 6.75. The van der Waals surface area contributed by atoms with Crippen molar-refractivity contribution in [2.75, 3.05) is 33.2 Å². The van der Waals surface area contributed by atoms with Gasteiger partial charge in [0.2, 0.25) is 0 Å². The molecule has 26 heavy (non-hydrogen) atoms. The van der Waals surface area contributed by atoms with E-state index in [1.807, 2.05) is 42.3 Å². The average molecular weight is 381 g/mol. The fourth-order valence-corrected chi connectivity index (χ4v) is 4.05. The number of para-hydroxylation sites is 1. The standard InChI is InChI=1S/C20H26F2N2OS/c1-23-11-8-18(19-7-4-14-26-19)25-17-6-3-2-5-16(17)9-12-24-13-10-20(21,22)15-24/h2-7,14,18,23H,8-13,15H2,1H3/t18-/m1/s1. The third-order valence-corrected chi connectivity index (χ3v) is 5.67. The van der Waals surface area contributed by atoms with E-state index in [0.717, 1.165) is 30.7 Å². The molecule has 3 nitrogen and oxygen atoms in total. The Balaban J connectivity index is 1.65. The van der Waals surface area contributed by atoms with Crippen LogP contribution in [0.5, 0.6) is 5.75 Å². The molecule has 1 atom stereocenters. The molecule has 1 N–H and O–H groups in total. The molecule has 1 aromatic carbocycles. The summed E-state index contributed by atoms with van der Waals surface area (Å²) >= 11 is 1.70. The van der Waals surface area contributed by atoms with Gasteiger partial charge in [-0.1, -0.05) is 24.3 Å². The van der Waals surface area contributed by atoms with E-state index in [9.17, 15) is 8.78 Å². The van der Waals surface area contributed by atoms with Crippen molar-refractivity contribution >= 4 is 11.3 Å². The highest BCUT2D eigenvalue weighted by molar-refractivity contribution is 7.10. The summed E-state index contributed by atoms with van der Waals surface area (Å²) in [5.41, 5.74) is 1.08. The van der Waals surface area contributed by atoms with E-state index in [-0.39, 0.29) is 19.1 Å². The largest absolute Gasteiger partial charge is 0.485 e. The van der Waals surface area contributed by atoms with E-state index in [4.69, 9.17) is 4.74 Å². The first kappa shape index (κ1) is 19.3. The van der Waals surface area contributed by atoms with Gasteiger partial charge in [-0.05, 0) is 43.1 Å². The van der Waals surface area contributed by atoms with Crippen molar-refractivity contribution in [1.82, 2.24) is 10.2 Å². The van der Waals surface area contributed by atoms with Crippen LogP contribution in [0.25, 0.3) is 0 Å². The van der Waals surface area contributed by atoms with Gasteiger partial charge in [-0.3, -0.25) is 4.90 Å². The lowest BCUT2D eigenvalue weighted by Gasteiger charge is -2.21. The monoisotopic (exact) mass is 380 g/mol. The van der Waals surface area contributed by atoms with E-state index < -0.39 is 5.92 Å². The number of hydrogen-bond acceptors (Lipinski definition) is 4. The van der Waals surface area contributed by atoms with Crippen LogP contribution in [0.2, 0.25) is 0 Å². The summed E-state index contributed by atoms with van der Waals surface area (Å²) in [6, 6.07) is 12.1. The quantitative estimate of drug-likeness (QED) is 0.699. The Kier molecular flexibility index (Phi) is 6.62. The van der Waals surface area contributed by atoms with Gasteiger partial charge in [-0.2, -0.15) is 0 Å². The van der Waals surface area contributed by atoms with E-state index in [0.29, 0.717) is 13.1 Å². The van der Waals surface area contributed by atoms with E-state index in [2.05, 4.69) is 16.8 Å². The maximum Gasteiger partial charge on any atom is 0.261 e. The molecule has 0 radical (unpaired) electrons. The van der Waals surface area contributed by atoms with Gasteiger partial charge in [0.1, 0.15) is 11.9 Å². The zero-order valence-corrected chi connectivity index (χ0v) is 15.9. The van der Waals surface area contributed by atoms with Crippen LogP contribution >= 0.6 is 11.3 Å². The Labute approximate surface area is 158 Å². The Morgan fingerprint density at radius 3 is 2.81 bits per heavy atom. The summed E-state index contributed by atoms with van der Waals surface area (Å²) in [5.74, 6) is -1.68. The van der Waals surface area contributed by atoms with Crippen molar-refractivity contribution < 1.29 is 13.5 Å². The van der Waals surface area contributed by atoms with Gasteiger partial charge >= 0.3 is 0 Å². The summed E-state index contributed by atoms with van der Waals surface area (Å²) in [4.78, 5) is 3.04. The Hall–Kier alpha value is -1.50. The molecule has 2 aromatic rings. The van der Waals surface area contributed by atoms with Gasteiger partial charge in [0.15, 0.2) is 0 Å². The predicted molar refractivity (Wildman–Crippen MR) is 102 cm³/mol. The maximum absolute atomic E-state index is 13.4. The minimum absolute atomic E-state index is 0.000259. The van der Waals surface area contributed by atoms with Crippen molar-refractivity contribution in [2.24, 2.45) is 0 Å². The minimum atomic E-state index is -2.53. The lowest BCUT2D eigenvalue weighted by atomic mass is 10.1. The van der Waals surface area contributed by atoms with Crippen LogP contribution in [0.4, 0.5) is 8.78 Å². The lowest BCUT2D eigenvalue weighted by Crippen LogP contribution is -2.27. The molecule has 1 aliphatic heterocycles. The van der Waals surface area contributed by atoms with Crippen molar-refractivity contribution in [2.45, 2.75) is 31.3 Å². The van der Waals surface area contributed by atoms with Gasteiger partial charge in [0.05, 0.1) is 6.54 Å². The highest BCUT2D eigenvalue weighted by atomic mass is 32.1. The zero-order valence-electron chi connectivity index (χ0n) is 15.1. The van der Waals surface area contributed by atoms with Crippen LogP contribution in [0.3, 0.4) is 0 Å². The average Bonchev–Trinajstić information content (AvgIpc) is 3.27. The van der Waals surface area contributed by atoms with Gasteiger partial charge in [-0.15, -0.1) is 11.3 Å². The molecule has 0 spiro atoms. The molecule has 0 amide bonds. The van der Waals surface area contributed by atoms with Crippen LogP contribution in [0, 0.1) is 0 Å². The molecule has 1 fully saturated rings. The first-order valence-corrected chi connectivity index (χ1v) is 9.98. The second kappa shape index (κ2) is 8.93. The fourth-order valence-electron chi connectivity index (χ4n) is 3.26. The number of alkyl halides is 2. The maximum atomic E-state index is 13.4. The van der Waals surface area contributed by atoms with Crippen LogP contribution in [-0.4, -0.2) is 44.0 Å². The third-order valence-electron chi connectivity index (χ3n) is 4.70. The molecule has 1 aromatic heterocycles. The summed E-state index contributed by atoms with van der Waals surface area (Å²) in [7, 11) is 1.94. The molecule has 0 aliphatic carbocycles. The topological polar surface area (TPSA) is 24.5 Å². The Bertz CT molecular complexity index is 678. The summed E-state index contributed by atoms with van der Waals surface area (Å²) in [5, 5.41) is 5.24. The van der Waals surface area contributed by atoms with Crippen molar-refractivity contribution in [3.8, 4) is 5.75 Å². The van der Waals surface area contributed by atoms with Crippen molar-refractivity contribution in [3.63, 3.8) is 0 Å². The fraction of sp³-hybridized carbons (Fsp3) is 0.500. The zero-order chi connectivity index (χ0) is 18.4. The van der Waals surface area contributed by atoms with E-state index in [1.54, 1.807) is 11.3 Å². The Morgan fingerprint density at radius 1 is 1.27 bits per heavy atom. The Morgan fingerprint density at radius 2 is 2.12 bits per heavy atom. The molecule has 1 saturated heterocycles. The molecule has 142 valence electrons. The van der Waals surface area contributed by atoms with Crippen LogP contribution in [-0.2, 0) is 6.42 Å². The highest BCUT2D eigenvalue weighted by Crippen LogP contribution is 2.31. The summed E-state index contributed by atoms with van der Waals surface area (Å²) in [6.45, 7) is 1.84. The van der Waals surface area contributed by atoms with Crippen LogP contribution in [0.15, 0.2) is 41.8 Å². The van der Waals surface area contributed by atoms with Gasteiger partial charge in [0, 0.05) is 30.8 Å². The second-order valence-corrected chi connectivity index (χ2v) is 7.73. The molecule has 0 unspecified atom stereocenters. The summed E-state index contributed by atoms with van der Waals surface area (Å²) in [6.07, 6.45) is 1.56. The molecular formula is C20H26F2N2OS. The van der Waals surface area contributed by atoms with E-state index in [1.165, 1.54) is 4.88 Å². The van der Waals surface area contributed by atoms with Crippen LogP contribution in [0.1, 0.15) is 29.4 Å². The molecule has 3 rings (SSSR count). The molecular weight excluding hydrogens is 354 g/mol. The SMILES string of the molecule is CNCC[C@@H](Oc1ccccc1CCN1CCC(F)(F)C1)c1cccs1. The van der Waals surface area contributed by atoms with Crippen molar-refractivity contribution in [3.05, 3.63) is 52.2 Å². The number of nitrogens with zero attached hydrogens (tertiary/aromatic N) is 1. The highest BCUT2D eigenvalue weighted by Gasteiger charge is 2.37. The number of hydrogen-bond donors (Lipinski definition) is 1. The number of likely N-dealkylation sites (tertiary alicyclic amines) is 1. The van der Waals surface area contributed by atoms with Crippen LogP contribution < -0.4 is 10.1 Å². The number of ether oxygens (including phenoxy) is 1. The van der Waals surface area contributed by atoms with Gasteiger partial charge in [0.25, 0.3) is 5.92 Å². The number of halogens is 2. The van der Waals surface area contributed by atoms with Gasteiger partial charge in [-0.25, -0.2) is 8.78 Å². The number of benzene rings is 1. The van der Waals surface area contributed by atoms with Gasteiger partial charge < -0.3 is 10.1 Å². The first-order chi connectivity index (χ1) is 12.6. The molecule has 2 heterocycles. The first-order valence-electron chi connectivity index (χ1n) is 9.10. The predicted octanol–water partition coefficient (Wildman–Crippen LogP) is 4.36. The summed E-state index contributed by atoms with van der Waals surface area (Å²) < 4.78 is 33.1. The number of nitrogens with one attached hydrogen (secondary N) is 1. The third kappa shape index (κ3) is 5.25. The number of thiophene rings is 1. The number of rotatable bonds is 9. The molecule has 6 heteroatoms. The normalized spacial score (nSPS) is 18.1. The molecule has 0 bridgehead atoms. The minimum Gasteiger partial charge on any atom is -0.485 e. The molecule has 0 saturated carbocycles.